The molecular weight excluding hydrogens is 300 g/mol. The van der Waals surface area contributed by atoms with Crippen LogP contribution < -0.4 is 5.32 Å². The van der Waals surface area contributed by atoms with Gasteiger partial charge in [0.05, 0.1) is 0 Å². The fraction of sp³-hybridized carbons (Fsp3) is 0.625. The largest absolute Gasteiger partial charge is 0.312 e. The quantitative estimate of drug-likeness (QED) is 0.823. The molecule has 2 rings (SSSR count). The van der Waals surface area contributed by atoms with Gasteiger partial charge in [-0.25, -0.2) is 0 Å². The van der Waals surface area contributed by atoms with Gasteiger partial charge in [0, 0.05) is 29.6 Å². The Labute approximate surface area is 125 Å². The van der Waals surface area contributed by atoms with Crippen LogP contribution in [-0.2, 0) is 6.54 Å². The lowest BCUT2D eigenvalue weighted by atomic mass is 10.0. The Kier molecular flexibility index (Phi) is 5.43. The van der Waals surface area contributed by atoms with Crippen molar-refractivity contribution in [1.29, 1.82) is 0 Å². The van der Waals surface area contributed by atoms with Crippen LogP contribution in [0.25, 0.3) is 0 Å². The Balaban J connectivity index is 1.89. The molecule has 1 aliphatic rings. The first kappa shape index (κ1) is 15.0. The normalized spacial score (nSPS) is 17.2. The van der Waals surface area contributed by atoms with Gasteiger partial charge in [-0.2, -0.15) is 0 Å². The number of hydrogen-bond acceptors (Lipinski definition) is 2. The molecule has 1 saturated carbocycles. The third-order valence-corrected chi connectivity index (χ3v) is 4.40. The number of nitrogens with one attached hydrogen (secondary N) is 1. The van der Waals surface area contributed by atoms with Crippen molar-refractivity contribution in [3.63, 3.8) is 0 Å². The molecule has 2 nitrogen and oxygen atoms in total. The molecule has 1 N–H and O–H groups in total. The lowest BCUT2D eigenvalue weighted by Crippen LogP contribution is -2.43. The second-order valence-corrected chi connectivity index (χ2v) is 6.95. The topological polar surface area (TPSA) is 15.3 Å². The van der Waals surface area contributed by atoms with Gasteiger partial charge >= 0.3 is 0 Å². The average Bonchev–Trinajstić information content (AvgIpc) is 3.16. The summed E-state index contributed by atoms with van der Waals surface area (Å²) in [6.07, 6.45) is 2.72. The second-order valence-electron chi connectivity index (χ2n) is 6.04. The van der Waals surface area contributed by atoms with Crippen LogP contribution in [-0.4, -0.2) is 30.6 Å². The molecule has 1 atom stereocenters. The summed E-state index contributed by atoms with van der Waals surface area (Å²) in [6, 6.07) is 10.0. The van der Waals surface area contributed by atoms with Crippen LogP contribution in [0.5, 0.6) is 0 Å². The van der Waals surface area contributed by atoms with Crippen molar-refractivity contribution in [3.05, 3.63) is 34.3 Å². The second kappa shape index (κ2) is 6.87. The summed E-state index contributed by atoms with van der Waals surface area (Å²) in [5.74, 6) is 0.673. The van der Waals surface area contributed by atoms with Crippen LogP contribution in [0.15, 0.2) is 28.7 Å². The minimum atomic E-state index is 0.601. The van der Waals surface area contributed by atoms with E-state index >= 15 is 0 Å². The van der Waals surface area contributed by atoms with Gasteiger partial charge in [0.25, 0.3) is 0 Å². The standard InChI is InChI=1S/C16H25BrN2/c1-12(2)16(10-18-15-8-9-15)19(3)11-13-4-6-14(17)7-5-13/h4-7,12,15-16,18H,8-11H2,1-3H3. The summed E-state index contributed by atoms with van der Waals surface area (Å²) >= 11 is 3.49. The van der Waals surface area contributed by atoms with Gasteiger partial charge < -0.3 is 5.32 Å². The molecule has 0 radical (unpaired) electrons. The van der Waals surface area contributed by atoms with Crippen molar-refractivity contribution >= 4 is 15.9 Å². The van der Waals surface area contributed by atoms with E-state index in [1.54, 1.807) is 0 Å². The van der Waals surface area contributed by atoms with Crippen molar-refractivity contribution < 1.29 is 0 Å². The van der Waals surface area contributed by atoms with E-state index in [0.717, 1.165) is 23.6 Å². The number of rotatable bonds is 7. The molecule has 0 saturated heterocycles. The van der Waals surface area contributed by atoms with Crippen LogP contribution >= 0.6 is 15.9 Å². The smallest absolute Gasteiger partial charge is 0.0244 e. The van der Waals surface area contributed by atoms with E-state index in [0.29, 0.717) is 12.0 Å². The van der Waals surface area contributed by atoms with Crippen LogP contribution in [0.2, 0.25) is 0 Å². The van der Waals surface area contributed by atoms with Crippen LogP contribution in [0.1, 0.15) is 32.3 Å². The Morgan fingerprint density at radius 2 is 1.89 bits per heavy atom. The Bertz CT molecular complexity index is 384. The molecule has 1 unspecified atom stereocenters. The number of hydrogen-bond donors (Lipinski definition) is 1. The molecule has 0 amide bonds. The molecule has 106 valence electrons. The zero-order valence-electron chi connectivity index (χ0n) is 12.2. The Hall–Kier alpha value is -0.380. The van der Waals surface area contributed by atoms with Gasteiger partial charge in [-0.3, -0.25) is 4.90 Å². The summed E-state index contributed by atoms with van der Waals surface area (Å²) < 4.78 is 1.15. The maximum atomic E-state index is 3.66. The molecule has 1 aromatic rings. The minimum absolute atomic E-state index is 0.601. The number of benzene rings is 1. The summed E-state index contributed by atoms with van der Waals surface area (Å²) in [7, 11) is 2.24. The molecule has 0 aliphatic heterocycles. The van der Waals surface area contributed by atoms with E-state index in [9.17, 15) is 0 Å². The van der Waals surface area contributed by atoms with Gasteiger partial charge in [0.1, 0.15) is 0 Å². The number of likely N-dealkylation sites (N-methyl/N-ethyl adjacent to an activating group) is 1. The molecular formula is C16H25BrN2. The summed E-state index contributed by atoms with van der Waals surface area (Å²) in [4.78, 5) is 2.48. The molecule has 0 aromatic heterocycles. The highest BCUT2D eigenvalue weighted by molar-refractivity contribution is 9.10. The minimum Gasteiger partial charge on any atom is -0.312 e. The summed E-state index contributed by atoms with van der Waals surface area (Å²) in [5, 5.41) is 3.66. The Morgan fingerprint density at radius 1 is 1.26 bits per heavy atom. The zero-order chi connectivity index (χ0) is 13.8. The maximum Gasteiger partial charge on any atom is 0.0244 e. The molecule has 1 aromatic carbocycles. The first-order valence-corrected chi connectivity index (χ1v) is 8.03. The third kappa shape index (κ3) is 4.90. The predicted octanol–water partition coefficient (Wildman–Crippen LogP) is 3.66. The summed E-state index contributed by atoms with van der Waals surface area (Å²) in [5.41, 5.74) is 1.38. The van der Waals surface area contributed by atoms with E-state index in [2.05, 4.69) is 71.3 Å². The highest BCUT2D eigenvalue weighted by Gasteiger charge is 2.24. The SMILES string of the molecule is CC(C)C(CNC1CC1)N(C)Cc1ccc(Br)cc1. The van der Waals surface area contributed by atoms with E-state index in [1.165, 1.54) is 18.4 Å². The molecule has 0 bridgehead atoms. The van der Waals surface area contributed by atoms with Gasteiger partial charge in [0.15, 0.2) is 0 Å². The molecule has 19 heavy (non-hydrogen) atoms. The third-order valence-electron chi connectivity index (χ3n) is 3.87. The van der Waals surface area contributed by atoms with Gasteiger partial charge in [-0.15, -0.1) is 0 Å². The molecule has 0 heterocycles. The van der Waals surface area contributed by atoms with Crippen molar-refractivity contribution in [2.45, 2.75) is 45.3 Å². The van der Waals surface area contributed by atoms with Gasteiger partial charge in [-0.1, -0.05) is 41.9 Å². The lowest BCUT2D eigenvalue weighted by molar-refractivity contribution is 0.179. The van der Waals surface area contributed by atoms with E-state index < -0.39 is 0 Å². The highest BCUT2D eigenvalue weighted by Crippen LogP contribution is 2.20. The molecule has 0 spiro atoms. The predicted molar refractivity (Wildman–Crippen MR) is 85.3 cm³/mol. The van der Waals surface area contributed by atoms with E-state index in [1.807, 2.05) is 0 Å². The molecule has 1 aliphatic carbocycles. The highest BCUT2D eigenvalue weighted by atomic mass is 79.9. The number of nitrogens with zero attached hydrogens (tertiary/aromatic N) is 1. The monoisotopic (exact) mass is 324 g/mol. The lowest BCUT2D eigenvalue weighted by Gasteiger charge is -2.31. The van der Waals surface area contributed by atoms with Gasteiger partial charge in [-0.05, 0) is 43.5 Å². The van der Waals surface area contributed by atoms with Crippen molar-refractivity contribution in [2.24, 2.45) is 5.92 Å². The summed E-state index contributed by atoms with van der Waals surface area (Å²) in [6.45, 7) is 6.76. The van der Waals surface area contributed by atoms with Gasteiger partial charge in [0.2, 0.25) is 0 Å². The van der Waals surface area contributed by atoms with Crippen LogP contribution in [0.4, 0.5) is 0 Å². The molecule has 3 heteroatoms. The first-order valence-electron chi connectivity index (χ1n) is 7.24. The first-order chi connectivity index (χ1) is 9.06. The van der Waals surface area contributed by atoms with Crippen molar-refractivity contribution in [2.75, 3.05) is 13.6 Å². The van der Waals surface area contributed by atoms with Crippen LogP contribution in [0, 0.1) is 5.92 Å². The number of halogens is 1. The van der Waals surface area contributed by atoms with E-state index in [4.69, 9.17) is 0 Å². The molecule has 1 fully saturated rings. The van der Waals surface area contributed by atoms with Crippen molar-refractivity contribution in [3.8, 4) is 0 Å². The Morgan fingerprint density at radius 3 is 2.42 bits per heavy atom. The zero-order valence-corrected chi connectivity index (χ0v) is 13.8. The van der Waals surface area contributed by atoms with Crippen molar-refractivity contribution in [1.82, 2.24) is 10.2 Å². The van der Waals surface area contributed by atoms with Crippen LogP contribution in [0.3, 0.4) is 0 Å². The average molecular weight is 325 g/mol. The fourth-order valence-corrected chi connectivity index (χ4v) is 2.73. The van der Waals surface area contributed by atoms with E-state index in [-0.39, 0.29) is 0 Å². The fourth-order valence-electron chi connectivity index (χ4n) is 2.47. The maximum absolute atomic E-state index is 3.66.